The second-order valence-electron chi connectivity index (χ2n) is 7.64. The SMILES string of the molecule is O=C(NC1CCCCC1)c1cnc(N2CCCC2)c(OCC2CC2)n1. The van der Waals surface area contributed by atoms with Crippen LogP contribution in [0.4, 0.5) is 5.82 Å². The number of hydrogen-bond acceptors (Lipinski definition) is 5. The molecule has 136 valence electrons. The molecule has 3 aliphatic rings. The molecule has 1 amide bonds. The minimum absolute atomic E-state index is 0.122. The Morgan fingerprint density at radius 3 is 2.60 bits per heavy atom. The third-order valence-electron chi connectivity index (χ3n) is 5.45. The number of nitrogens with zero attached hydrogens (tertiary/aromatic N) is 3. The fourth-order valence-corrected chi connectivity index (χ4v) is 3.71. The van der Waals surface area contributed by atoms with Gasteiger partial charge in [0.1, 0.15) is 0 Å². The second-order valence-corrected chi connectivity index (χ2v) is 7.64. The maximum atomic E-state index is 12.6. The zero-order valence-electron chi connectivity index (χ0n) is 14.9. The van der Waals surface area contributed by atoms with E-state index in [1.165, 1.54) is 44.9 Å². The summed E-state index contributed by atoms with van der Waals surface area (Å²) in [6, 6.07) is 0.275. The highest BCUT2D eigenvalue weighted by molar-refractivity contribution is 5.92. The topological polar surface area (TPSA) is 67.4 Å². The lowest BCUT2D eigenvalue weighted by Crippen LogP contribution is -2.36. The van der Waals surface area contributed by atoms with Crippen molar-refractivity contribution in [1.82, 2.24) is 15.3 Å². The van der Waals surface area contributed by atoms with E-state index < -0.39 is 0 Å². The Morgan fingerprint density at radius 1 is 1.12 bits per heavy atom. The molecule has 0 bridgehead atoms. The molecule has 1 N–H and O–H groups in total. The highest BCUT2D eigenvalue weighted by Gasteiger charge is 2.26. The summed E-state index contributed by atoms with van der Waals surface area (Å²) in [5.41, 5.74) is 0.374. The van der Waals surface area contributed by atoms with Crippen LogP contribution in [-0.4, -0.2) is 41.6 Å². The molecule has 4 rings (SSSR count). The van der Waals surface area contributed by atoms with Crippen LogP contribution < -0.4 is 15.0 Å². The first-order valence-electron chi connectivity index (χ1n) is 9.85. The minimum Gasteiger partial charge on any atom is -0.475 e. The van der Waals surface area contributed by atoms with Crippen LogP contribution in [0, 0.1) is 5.92 Å². The maximum absolute atomic E-state index is 12.6. The van der Waals surface area contributed by atoms with E-state index in [-0.39, 0.29) is 11.9 Å². The quantitative estimate of drug-likeness (QED) is 0.859. The monoisotopic (exact) mass is 344 g/mol. The average molecular weight is 344 g/mol. The average Bonchev–Trinajstić information content (AvgIpc) is 3.32. The van der Waals surface area contributed by atoms with Crippen molar-refractivity contribution in [3.63, 3.8) is 0 Å². The molecule has 2 saturated carbocycles. The zero-order chi connectivity index (χ0) is 17.1. The van der Waals surface area contributed by atoms with Crippen molar-refractivity contribution in [1.29, 1.82) is 0 Å². The van der Waals surface area contributed by atoms with Gasteiger partial charge in [-0.3, -0.25) is 4.79 Å². The van der Waals surface area contributed by atoms with E-state index in [9.17, 15) is 4.79 Å². The zero-order valence-corrected chi connectivity index (χ0v) is 14.9. The smallest absolute Gasteiger partial charge is 0.271 e. The lowest BCUT2D eigenvalue weighted by atomic mass is 9.95. The number of carbonyl (C=O) groups excluding carboxylic acids is 1. The third kappa shape index (κ3) is 4.22. The molecule has 1 aromatic heterocycles. The standard InChI is InChI=1S/C19H28N4O2/c24-18(21-15-6-2-1-3-7-15)16-12-20-17(23-10-4-5-11-23)19(22-16)25-13-14-8-9-14/h12,14-15H,1-11,13H2,(H,21,24). The van der Waals surface area contributed by atoms with Gasteiger partial charge in [0.2, 0.25) is 0 Å². The lowest BCUT2D eigenvalue weighted by molar-refractivity contribution is 0.0921. The Kier molecular flexibility index (Phi) is 5.04. The molecule has 0 radical (unpaired) electrons. The van der Waals surface area contributed by atoms with Crippen molar-refractivity contribution < 1.29 is 9.53 Å². The Labute approximate surface area is 149 Å². The summed E-state index contributed by atoms with van der Waals surface area (Å²) in [7, 11) is 0. The maximum Gasteiger partial charge on any atom is 0.271 e. The first kappa shape index (κ1) is 16.6. The van der Waals surface area contributed by atoms with E-state index in [2.05, 4.69) is 20.2 Å². The molecule has 6 nitrogen and oxygen atoms in total. The summed E-state index contributed by atoms with van der Waals surface area (Å²) in [4.78, 5) is 23.9. The minimum atomic E-state index is -0.122. The molecule has 1 aliphatic heterocycles. The molecular formula is C19H28N4O2. The molecule has 2 heterocycles. The first-order chi connectivity index (χ1) is 12.3. The van der Waals surface area contributed by atoms with Crippen molar-refractivity contribution >= 4 is 11.7 Å². The summed E-state index contributed by atoms with van der Waals surface area (Å²) in [6.07, 6.45) is 12.2. The molecule has 1 saturated heterocycles. The van der Waals surface area contributed by atoms with Crippen molar-refractivity contribution in [3.05, 3.63) is 11.9 Å². The number of nitrogens with one attached hydrogen (secondary N) is 1. The third-order valence-corrected chi connectivity index (χ3v) is 5.45. The fraction of sp³-hybridized carbons (Fsp3) is 0.737. The van der Waals surface area contributed by atoms with Gasteiger partial charge in [0, 0.05) is 19.1 Å². The number of carbonyl (C=O) groups is 1. The largest absolute Gasteiger partial charge is 0.475 e. The molecule has 0 spiro atoms. The van der Waals surface area contributed by atoms with Gasteiger partial charge in [0.05, 0.1) is 12.8 Å². The molecule has 3 fully saturated rings. The van der Waals surface area contributed by atoms with Crippen LogP contribution in [0.5, 0.6) is 5.88 Å². The molecule has 2 aliphatic carbocycles. The molecule has 0 atom stereocenters. The van der Waals surface area contributed by atoms with Crippen molar-refractivity contribution in [2.45, 2.75) is 63.8 Å². The highest BCUT2D eigenvalue weighted by atomic mass is 16.5. The molecule has 6 heteroatoms. The van der Waals surface area contributed by atoms with Gasteiger partial charge in [-0.1, -0.05) is 19.3 Å². The van der Waals surface area contributed by atoms with E-state index >= 15 is 0 Å². The van der Waals surface area contributed by atoms with Gasteiger partial charge >= 0.3 is 0 Å². The molecular weight excluding hydrogens is 316 g/mol. The van der Waals surface area contributed by atoms with Crippen LogP contribution in [0.1, 0.15) is 68.3 Å². The lowest BCUT2D eigenvalue weighted by Gasteiger charge is -2.23. The van der Waals surface area contributed by atoms with Gasteiger partial charge < -0.3 is 15.0 Å². The van der Waals surface area contributed by atoms with Crippen LogP contribution in [0.3, 0.4) is 0 Å². The van der Waals surface area contributed by atoms with Gasteiger partial charge in [-0.15, -0.1) is 0 Å². The summed E-state index contributed by atoms with van der Waals surface area (Å²) in [6.45, 7) is 2.66. The van der Waals surface area contributed by atoms with E-state index in [1.54, 1.807) is 6.20 Å². The van der Waals surface area contributed by atoms with Gasteiger partial charge in [-0.25, -0.2) is 9.97 Å². The van der Waals surface area contributed by atoms with Crippen LogP contribution in [0.25, 0.3) is 0 Å². The van der Waals surface area contributed by atoms with E-state index in [4.69, 9.17) is 4.74 Å². The molecule has 25 heavy (non-hydrogen) atoms. The van der Waals surface area contributed by atoms with Crippen LogP contribution in [0.2, 0.25) is 0 Å². The molecule has 0 unspecified atom stereocenters. The summed E-state index contributed by atoms with van der Waals surface area (Å²) >= 11 is 0. The van der Waals surface area contributed by atoms with Crippen molar-refractivity contribution in [2.24, 2.45) is 5.92 Å². The number of rotatable bonds is 6. The predicted molar refractivity (Wildman–Crippen MR) is 96.0 cm³/mol. The fourth-order valence-electron chi connectivity index (χ4n) is 3.71. The number of hydrogen-bond donors (Lipinski definition) is 1. The molecule has 1 aromatic rings. The van der Waals surface area contributed by atoms with Gasteiger partial charge in [0.15, 0.2) is 11.5 Å². The number of ether oxygens (including phenoxy) is 1. The normalized spacial score (nSPS) is 21.4. The van der Waals surface area contributed by atoms with Crippen molar-refractivity contribution in [2.75, 3.05) is 24.6 Å². The summed E-state index contributed by atoms with van der Waals surface area (Å²) in [5.74, 6) is 1.86. The van der Waals surface area contributed by atoms with E-state index in [1.807, 2.05) is 0 Å². The Morgan fingerprint density at radius 2 is 1.88 bits per heavy atom. The number of anilines is 1. The van der Waals surface area contributed by atoms with Crippen LogP contribution in [0.15, 0.2) is 6.20 Å². The van der Waals surface area contributed by atoms with Gasteiger partial charge in [-0.05, 0) is 44.4 Å². The summed E-state index contributed by atoms with van der Waals surface area (Å²) in [5, 5.41) is 3.12. The summed E-state index contributed by atoms with van der Waals surface area (Å²) < 4.78 is 5.96. The van der Waals surface area contributed by atoms with Gasteiger partial charge in [0.25, 0.3) is 11.8 Å². The van der Waals surface area contributed by atoms with Gasteiger partial charge in [-0.2, -0.15) is 0 Å². The second kappa shape index (κ2) is 7.58. The number of amides is 1. The predicted octanol–water partition coefficient (Wildman–Crippen LogP) is 2.93. The Hall–Kier alpha value is -1.85. The Bertz CT molecular complexity index is 605. The van der Waals surface area contributed by atoms with E-state index in [0.717, 1.165) is 31.7 Å². The number of aromatic nitrogens is 2. The van der Waals surface area contributed by atoms with E-state index in [0.29, 0.717) is 24.1 Å². The Balaban J connectivity index is 1.48. The van der Waals surface area contributed by atoms with Crippen LogP contribution in [-0.2, 0) is 0 Å². The van der Waals surface area contributed by atoms with Crippen molar-refractivity contribution in [3.8, 4) is 5.88 Å². The highest BCUT2D eigenvalue weighted by Crippen LogP contribution is 2.32. The first-order valence-corrected chi connectivity index (χ1v) is 9.85. The molecule has 0 aromatic carbocycles. The van der Waals surface area contributed by atoms with Crippen LogP contribution >= 0.6 is 0 Å².